The molecule has 0 radical (unpaired) electrons. The van der Waals surface area contributed by atoms with Gasteiger partial charge in [-0.05, 0) is 38.6 Å². The van der Waals surface area contributed by atoms with Gasteiger partial charge < -0.3 is 9.47 Å². The van der Waals surface area contributed by atoms with Gasteiger partial charge in [-0.2, -0.15) is 0 Å². The Balaban J connectivity index is 2.64. The number of rotatable bonds is 4. The molecule has 0 bridgehead atoms. The molecule has 144 valence electrons. The van der Waals surface area contributed by atoms with Gasteiger partial charge >= 0.3 is 12.1 Å². The van der Waals surface area contributed by atoms with Crippen molar-refractivity contribution in [3.8, 4) is 0 Å². The number of non-ortho nitro benzene ring substituents is 1. The number of nitro groups is 1. The number of carbonyl (C=O) groups is 2. The fraction of sp³-hybridized carbons (Fsp3) is 0.412. The molecule has 0 aliphatic carbocycles. The predicted molar refractivity (Wildman–Crippen MR) is 101 cm³/mol. The quantitative estimate of drug-likeness (QED) is 0.334. The van der Waals surface area contributed by atoms with Crippen LogP contribution in [0.5, 0.6) is 0 Å². The van der Waals surface area contributed by atoms with Crippen molar-refractivity contribution in [3.63, 3.8) is 0 Å². The van der Waals surface area contributed by atoms with Crippen LogP contribution >= 0.6 is 12.2 Å². The fourth-order valence-electron chi connectivity index (χ4n) is 2.81. The Morgan fingerprint density at radius 3 is 2.59 bits per heavy atom. The lowest BCUT2D eigenvalue weighted by molar-refractivity contribution is -0.385. The molecule has 1 aliphatic heterocycles. The molecule has 0 saturated carbocycles. The van der Waals surface area contributed by atoms with Gasteiger partial charge in [0.25, 0.3) is 5.69 Å². The number of amides is 1. The molecule has 1 amide bonds. The molecular weight excluding hydrogens is 374 g/mol. The molecule has 0 spiro atoms. The summed E-state index contributed by atoms with van der Waals surface area (Å²) in [5.41, 5.74) is 0.508. The van der Waals surface area contributed by atoms with Gasteiger partial charge in [0.05, 0.1) is 24.2 Å². The summed E-state index contributed by atoms with van der Waals surface area (Å²) in [6.07, 6.45) is -1.23. The summed E-state index contributed by atoms with van der Waals surface area (Å²) in [5.74, 6) is -1.62. The van der Waals surface area contributed by atoms with E-state index in [1.54, 1.807) is 26.8 Å². The van der Waals surface area contributed by atoms with Crippen LogP contribution in [0.3, 0.4) is 0 Å². The molecule has 0 aromatic heterocycles. The highest BCUT2D eigenvalue weighted by molar-refractivity contribution is 7.80. The molecule has 0 N–H and O–H groups in total. The maximum Gasteiger partial charge on any atom is 0.417 e. The van der Waals surface area contributed by atoms with E-state index < -0.39 is 35.0 Å². The fourth-order valence-corrected chi connectivity index (χ4v) is 3.14. The summed E-state index contributed by atoms with van der Waals surface area (Å²) in [5, 5.41) is 11.1. The summed E-state index contributed by atoms with van der Waals surface area (Å²) in [6, 6.07) is 4.67. The van der Waals surface area contributed by atoms with Gasteiger partial charge in [0.2, 0.25) is 5.11 Å². The zero-order valence-electron chi connectivity index (χ0n) is 15.2. The molecule has 0 saturated heterocycles. The normalized spacial score (nSPS) is 19.5. The number of benzene rings is 1. The number of esters is 1. The molecule has 2 unspecified atom stereocenters. The zero-order valence-corrected chi connectivity index (χ0v) is 16.1. The summed E-state index contributed by atoms with van der Waals surface area (Å²) < 4.78 is 10.1. The SMILES string of the molecule is COC(=O)C1C(C)=NC(=S)N(C(=O)OC(C)C)C1c1cccc([N+](=O)[O-])c1. The van der Waals surface area contributed by atoms with E-state index in [0.29, 0.717) is 11.3 Å². The van der Waals surface area contributed by atoms with Gasteiger partial charge in [0, 0.05) is 17.8 Å². The lowest BCUT2D eigenvalue weighted by Crippen LogP contribution is -2.50. The first kappa shape index (κ1) is 20.4. The number of nitrogens with zero attached hydrogens (tertiary/aromatic N) is 3. The van der Waals surface area contributed by atoms with Gasteiger partial charge in [0.1, 0.15) is 5.92 Å². The highest BCUT2D eigenvalue weighted by atomic mass is 32.1. The van der Waals surface area contributed by atoms with E-state index in [1.165, 1.54) is 25.3 Å². The number of nitro benzene ring substituents is 1. The Labute approximate surface area is 161 Å². The lowest BCUT2D eigenvalue weighted by Gasteiger charge is -2.38. The molecule has 10 heteroatoms. The Morgan fingerprint density at radius 2 is 2.04 bits per heavy atom. The molecule has 1 aromatic carbocycles. The summed E-state index contributed by atoms with van der Waals surface area (Å²) in [7, 11) is 1.21. The molecule has 1 aromatic rings. The molecule has 2 rings (SSSR count). The molecule has 27 heavy (non-hydrogen) atoms. The van der Waals surface area contributed by atoms with Crippen LogP contribution < -0.4 is 0 Å². The van der Waals surface area contributed by atoms with E-state index in [2.05, 4.69) is 4.99 Å². The average molecular weight is 393 g/mol. The second-order valence-corrected chi connectivity index (χ2v) is 6.50. The van der Waals surface area contributed by atoms with Crippen LogP contribution in [0.1, 0.15) is 32.4 Å². The van der Waals surface area contributed by atoms with Gasteiger partial charge in [0.15, 0.2) is 0 Å². The first-order chi connectivity index (χ1) is 12.7. The first-order valence-electron chi connectivity index (χ1n) is 8.08. The van der Waals surface area contributed by atoms with E-state index in [-0.39, 0.29) is 10.8 Å². The monoisotopic (exact) mass is 393 g/mol. The van der Waals surface area contributed by atoms with Crippen molar-refractivity contribution in [1.29, 1.82) is 0 Å². The van der Waals surface area contributed by atoms with Crippen LogP contribution in [0.15, 0.2) is 29.3 Å². The Kier molecular flexibility index (Phi) is 6.21. The van der Waals surface area contributed by atoms with Crippen LogP contribution in [0.2, 0.25) is 0 Å². The minimum atomic E-state index is -0.983. The second-order valence-electron chi connectivity index (χ2n) is 6.14. The highest BCUT2D eigenvalue weighted by Gasteiger charge is 2.45. The third kappa shape index (κ3) is 4.27. The molecule has 0 fully saturated rings. The van der Waals surface area contributed by atoms with Crippen molar-refractivity contribution in [2.24, 2.45) is 10.9 Å². The van der Waals surface area contributed by atoms with Gasteiger partial charge in [-0.15, -0.1) is 0 Å². The van der Waals surface area contributed by atoms with Crippen molar-refractivity contribution >= 4 is 40.8 Å². The van der Waals surface area contributed by atoms with E-state index >= 15 is 0 Å². The second kappa shape index (κ2) is 8.21. The van der Waals surface area contributed by atoms with Crippen LogP contribution in [-0.4, -0.2) is 45.9 Å². The van der Waals surface area contributed by atoms with Crippen LogP contribution in [0.25, 0.3) is 0 Å². The van der Waals surface area contributed by atoms with Crippen molar-refractivity contribution in [2.45, 2.75) is 32.9 Å². The Hall–Kier alpha value is -2.88. The number of carbonyl (C=O) groups excluding carboxylic acids is 2. The molecule has 1 heterocycles. The number of hydrogen-bond donors (Lipinski definition) is 0. The summed E-state index contributed by atoms with van der Waals surface area (Å²) in [4.78, 5) is 40.8. The predicted octanol–water partition coefficient (Wildman–Crippen LogP) is 3.03. The Morgan fingerprint density at radius 1 is 1.37 bits per heavy atom. The molecule has 1 aliphatic rings. The maximum atomic E-state index is 12.6. The van der Waals surface area contributed by atoms with E-state index in [1.807, 2.05) is 0 Å². The minimum absolute atomic E-state index is 0.0881. The molecule has 9 nitrogen and oxygen atoms in total. The van der Waals surface area contributed by atoms with Crippen LogP contribution in [0.4, 0.5) is 10.5 Å². The molecular formula is C17H19N3O6S. The van der Waals surface area contributed by atoms with Crippen molar-refractivity contribution in [1.82, 2.24) is 4.90 Å². The lowest BCUT2D eigenvalue weighted by atomic mass is 9.87. The van der Waals surface area contributed by atoms with Crippen molar-refractivity contribution in [2.75, 3.05) is 7.11 Å². The van der Waals surface area contributed by atoms with Crippen molar-refractivity contribution in [3.05, 3.63) is 39.9 Å². The van der Waals surface area contributed by atoms with E-state index in [4.69, 9.17) is 21.7 Å². The van der Waals surface area contributed by atoms with Crippen molar-refractivity contribution < 1.29 is 24.0 Å². The number of thiocarbonyl (C=S) groups is 1. The smallest absolute Gasteiger partial charge is 0.417 e. The van der Waals surface area contributed by atoms with Gasteiger partial charge in [-0.3, -0.25) is 14.9 Å². The summed E-state index contributed by atoms with van der Waals surface area (Å²) >= 11 is 5.22. The van der Waals surface area contributed by atoms with Gasteiger partial charge in [-0.25, -0.2) is 14.7 Å². The van der Waals surface area contributed by atoms with Crippen LogP contribution in [0, 0.1) is 16.0 Å². The number of ether oxygens (including phenoxy) is 2. The maximum absolute atomic E-state index is 12.6. The third-order valence-electron chi connectivity index (χ3n) is 3.93. The zero-order chi connectivity index (χ0) is 20.3. The largest absolute Gasteiger partial charge is 0.468 e. The number of hydrogen-bond acceptors (Lipinski definition) is 7. The number of aliphatic imine (C=N–C) groups is 1. The average Bonchev–Trinajstić information content (AvgIpc) is 2.59. The minimum Gasteiger partial charge on any atom is -0.468 e. The Bertz CT molecular complexity index is 823. The topological polar surface area (TPSA) is 111 Å². The van der Waals surface area contributed by atoms with Gasteiger partial charge in [-0.1, -0.05) is 12.1 Å². The van der Waals surface area contributed by atoms with E-state index in [9.17, 15) is 19.7 Å². The third-order valence-corrected chi connectivity index (χ3v) is 4.22. The standard InChI is InChI=1S/C17H19N3O6S/c1-9(2)26-17(22)19-14(11-6-5-7-12(8-11)20(23)24)13(15(21)25-4)10(3)18-16(19)27/h5-9,13-14H,1-4H3. The summed E-state index contributed by atoms with van der Waals surface area (Å²) in [6.45, 7) is 4.92. The van der Waals surface area contributed by atoms with Crippen LogP contribution in [-0.2, 0) is 14.3 Å². The van der Waals surface area contributed by atoms with E-state index in [0.717, 1.165) is 4.90 Å². The number of methoxy groups -OCH3 is 1. The molecule has 2 atom stereocenters. The highest BCUT2D eigenvalue weighted by Crippen LogP contribution is 2.36. The first-order valence-corrected chi connectivity index (χ1v) is 8.49.